The fourth-order valence-electron chi connectivity index (χ4n) is 6.99. The number of aromatic amines is 1. The number of hydrogen-bond donors (Lipinski definition) is 1. The topological polar surface area (TPSA) is 28.7 Å². The zero-order valence-corrected chi connectivity index (χ0v) is 23.7. The molecule has 0 atom stereocenters. The van der Waals surface area contributed by atoms with Crippen LogP contribution in [0.15, 0.2) is 115 Å². The number of benzene rings is 4. The van der Waals surface area contributed by atoms with Crippen molar-refractivity contribution in [1.29, 1.82) is 0 Å². The van der Waals surface area contributed by atoms with Gasteiger partial charge in [-0.25, -0.2) is 0 Å². The Bertz CT molecular complexity index is 1870. The van der Waals surface area contributed by atoms with Gasteiger partial charge in [-0.05, 0) is 61.8 Å². The Morgan fingerprint density at radius 2 is 1.10 bits per heavy atom. The van der Waals surface area contributed by atoms with Gasteiger partial charge >= 0.3 is 0 Å². The van der Waals surface area contributed by atoms with E-state index in [0.29, 0.717) is 0 Å². The molecule has 0 saturated heterocycles. The Balaban J connectivity index is 1.49. The van der Waals surface area contributed by atoms with Crippen molar-refractivity contribution in [2.24, 2.45) is 0 Å². The minimum atomic E-state index is -0.0479. The lowest BCUT2D eigenvalue weighted by atomic mass is 9.84. The molecule has 200 valence electrons. The smallest absolute Gasteiger partial charge is 0.0609 e. The summed E-state index contributed by atoms with van der Waals surface area (Å²) >= 11 is 0. The van der Waals surface area contributed by atoms with Crippen LogP contribution in [0.2, 0.25) is 0 Å². The van der Waals surface area contributed by atoms with Crippen LogP contribution < -0.4 is 0 Å². The Hall–Kier alpha value is -4.43. The maximum absolute atomic E-state index is 5.39. The molecule has 0 radical (unpaired) electrons. The lowest BCUT2D eigenvalue weighted by Gasteiger charge is -2.20. The van der Waals surface area contributed by atoms with Crippen LogP contribution in [0.3, 0.4) is 0 Å². The number of H-pyrrole nitrogens is 1. The molecule has 4 aromatic carbocycles. The van der Waals surface area contributed by atoms with E-state index in [1.165, 1.54) is 66.8 Å². The van der Waals surface area contributed by atoms with Gasteiger partial charge < -0.3 is 4.98 Å². The SMILES string of the molecule is Cc1ccc(-c2cnc(C3(c4ccccc4)CC3)c3c(-c4ccc(C)cc4)c(C4(c5ccccc5)CC4)[nH]c23)cc1. The lowest BCUT2D eigenvalue weighted by molar-refractivity contribution is 0.814. The summed E-state index contributed by atoms with van der Waals surface area (Å²) in [6.07, 6.45) is 6.68. The Labute approximate surface area is 242 Å². The standard InChI is InChI=1S/C39H34N2/c1-26-13-17-28(18-14-26)32-25-40-36(38(21-22-38)30-9-5-3-6-10-30)34-33(29-19-15-27(2)16-20-29)37(41-35(32)34)39(23-24-39)31-11-7-4-8-12-31/h3-20,25,41H,21-24H2,1-2H3. The fourth-order valence-corrected chi connectivity index (χ4v) is 6.99. The summed E-state index contributed by atoms with van der Waals surface area (Å²) in [6, 6.07) is 40.2. The van der Waals surface area contributed by atoms with E-state index in [4.69, 9.17) is 4.98 Å². The van der Waals surface area contributed by atoms with Crippen molar-refractivity contribution in [1.82, 2.24) is 9.97 Å². The van der Waals surface area contributed by atoms with E-state index in [2.05, 4.69) is 134 Å². The van der Waals surface area contributed by atoms with E-state index >= 15 is 0 Å². The first-order valence-corrected chi connectivity index (χ1v) is 14.9. The van der Waals surface area contributed by atoms with Crippen LogP contribution in [0.1, 0.15) is 59.3 Å². The molecule has 2 saturated carbocycles. The Morgan fingerprint density at radius 3 is 1.63 bits per heavy atom. The van der Waals surface area contributed by atoms with Crippen LogP contribution in [0.25, 0.3) is 33.2 Å². The summed E-state index contributed by atoms with van der Waals surface area (Å²) in [5.74, 6) is 0. The van der Waals surface area contributed by atoms with Gasteiger partial charge in [-0.1, -0.05) is 120 Å². The monoisotopic (exact) mass is 530 g/mol. The van der Waals surface area contributed by atoms with Crippen molar-refractivity contribution in [3.8, 4) is 22.3 Å². The first-order chi connectivity index (χ1) is 20.1. The molecule has 6 aromatic rings. The van der Waals surface area contributed by atoms with Crippen LogP contribution in [0.4, 0.5) is 0 Å². The van der Waals surface area contributed by atoms with Crippen molar-refractivity contribution >= 4 is 10.9 Å². The van der Waals surface area contributed by atoms with Crippen molar-refractivity contribution in [2.45, 2.75) is 50.4 Å². The van der Waals surface area contributed by atoms with Gasteiger partial charge in [0.15, 0.2) is 0 Å². The molecule has 0 bridgehead atoms. The Kier molecular flexibility index (Phi) is 5.37. The highest BCUT2D eigenvalue weighted by atomic mass is 14.8. The van der Waals surface area contributed by atoms with E-state index in [-0.39, 0.29) is 10.8 Å². The molecule has 1 N–H and O–H groups in total. The molecule has 2 nitrogen and oxygen atoms in total. The molecule has 0 amide bonds. The van der Waals surface area contributed by atoms with Crippen molar-refractivity contribution in [2.75, 3.05) is 0 Å². The van der Waals surface area contributed by atoms with E-state index in [1.54, 1.807) is 0 Å². The van der Waals surface area contributed by atoms with Crippen LogP contribution in [0.5, 0.6) is 0 Å². The van der Waals surface area contributed by atoms with Gasteiger partial charge in [-0.3, -0.25) is 4.98 Å². The van der Waals surface area contributed by atoms with Gasteiger partial charge in [0.05, 0.1) is 11.2 Å². The normalized spacial score (nSPS) is 16.5. The quantitative estimate of drug-likeness (QED) is 0.228. The van der Waals surface area contributed by atoms with Gasteiger partial charge in [-0.2, -0.15) is 0 Å². The molecule has 41 heavy (non-hydrogen) atoms. The highest BCUT2D eigenvalue weighted by Crippen LogP contribution is 2.60. The third-order valence-corrected chi connectivity index (χ3v) is 9.62. The van der Waals surface area contributed by atoms with Gasteiger partial charge in [0.1, 0.15) is 0 Å². The van der Waals surface area contributed by atoms with Crippen molar-refractivity contribution in [3.05, 3.63) is 149 Å². The van der Waals surface area contributed by atoms with Gasteiger partial charge in [0.25, 0.3) is 0 Å². The van der Waals surface area contributed by atoms with E-state index in [9.17, 15) is 0 Å². The molecule has 2 aromatic heterocycles. The largest absolute Gasteiger partial charge is 0.357 e. The lowest BCUT2D eigenvalue weighted by Crippen LogP contribution is -2.12. The predicted octanol–water partition coefficient (Wildman–Crippen LogP) is 9.67. The maximum Gasteiger partial charge on any atom is 0.0609 e. The highest BCUT2D eigenvalue weighted by molar-refractivity contribution is 6.07. The summed E-state index contributed by atoms with van der Waals surface area (Å²) in [4.78, 5) is 9.50. The number of pyridine rings is 1. The second-order valence-corrected chi connectivity index (χ2v) is 12.3. The van der Waals surface area contributed by atoms with Crippen LogP contribution in [-0.4, -0.2) is 9.97 Å². The molecule has 2 aliphatic carbocycles. The number of rotatable bonds is 6. The number of hydrogen-bond acceptors (Lipinski definition) is 1. The molecule has 2 heterocycles. The molecular formula is C39H34N2. The molecule has 2 heteroatoms. The zero-order valence-electron chi connectivity index (χ0n) is 23.7. The molecule has 8 rings (SSSR count). The van der Waals surface area contributed by atoms with Gasteiger partial charge in [-0.15, -0.1) is 0 Å². The van der Waals surface area contributed by atoms with E-state index < -0.39 is 0 Å². The van der Waals surface area contributed by atoms with Gasteiger partial charge in [0, 0.05) is 39.2 Å². The van der Waals surface area contributed by atoms with Crippen molar-refractivity contribution < 1.29 is 0 Å². The van der Waals surface area contributed by atoms with Crippen LogP contribution >= 0.6 is 0 Å². The van der Waals surface area contributed by atoms with Gasteiger partial charge in [0.2, 0.25) is 0 Å². The first-order valence-electron chi connectivity index (χ1n) is 14.9. The van der Waals surface area contributed by atoms with E-state index in [1.807, 2.05) is 0 Å². The number of nitrogens with one attached hydrogen (secondary N) is 1. The average molecular weight is 531 g/mol. The number of fused-ring (bicyclic) bond motifs is 1. The average Bonchev–Trinajstić information content (AvgIpc) is 3.95. The van der Waals surface area contributed by atoms with Crippen LogP contribution in [0, 0.1) is 13.8 Å². The predicted molar refractivity (Wildman–Crippen MR) is 169 cm³/mol. The Morgan fingerprint density at radius 1 is 0.585 bits per heavy atom. The third-order valence-electron chi connectivity index (χ3n) is 9.62. The number of aryl methyl sites for hydroxylation is 2. The second kappa shape index (κ2) is 9.04. The van der Waals surface area contributed by atoms with Crippen molar-refractivity contribution in [3.63, 3.8) is 0 Å². The fraction of sp³-hybridized carbons (Fsp3) is 0.205. The maximum atomic E-state index is 5.39. The molecule has 0 aliphatic heterocycles. The molecule has 2 aliphatic rings. The number of aromatic nitrogens is 2. The second-order valence-electron chi connectivity index (χ2n) is 12.3. The summed E-state index contributed by atoms with van der Waals surface area (Å²) in [5, 5.41) is 1.30. The zero-order chi connectivity index (χ0) is 27.6. The minimum Gasteiger partial charge on any atom is -0.357 e. The molecule has 0 unspecified atom stereocenters. The minimum absolute atomic E-state index is 0.00816. The third kappa shape index (κ3) is 3.81. The molecular weight excluding hydrogens is 496 g/mol. The summed E-state index contributed by atoms with van der Waals surface area (Å²) in [6.45, 7) is 4.32. The summed E-state index contributed by atoms with van der Waals surface area (Å²) < 4.78 is 0. The number of nitrogens with zero attached hydrogens (tertiary/aromatic N) is 1. The molecule has 2 fully saturated rings. The van der Waals surface area contributed by atoms with E-state index in [0.717, 1.165) is 25.7 Å². The van der Waals surface area contributed by atoms with Crippen LogP contribution in [-0.2, 0) is 10.8 Å². The first kappa shape index (κ1) is 24.4. The molecule has 0 spiro atoms. The summed E-state index contributed by atoms with van der Waals surface area (Å²) in [5.41, 5.74) is 14.0. The highest BCUT2D eigenvalue weighted by Gasteiger charge is 2.52. The summed E-state index contributed by atoms with van der Waals surface area (Å²) in [7, 11) is 0.